The molecule has 1 aliphatic rings. The van der Waals surface area contributed by atoms with E-state index in [0.717, 1.165) is 12.0 Å². The number of carbonyl (C=O) groups excluding carboxylic acids is 2. The summed E-state index contributed by atoms with van der Waals surface area (Å²) in [4.78, 5) is 25.2. The molecule has 106 valence electrons. The zero-order chi connectivity index (χ0) is 14.5. The lowest BCUT2D eigenvalue weighted by Gasteiger charge is -2.20. The van der Waals surface area contributed by atoms with E-state index in [0.29, 0.717) is 13.0 Å². The number of esters is 1. The summed E-state index contributed by atoms with van der Waals surface area (Å²) in [6, 6.07) is 6.05. The van der Waals surface area contributed by atoms with Gasteiger partial charge in [-0.1, -0.05) is 12.1 Å². The molecular weight excluding hydrogens is 258 g/mol. The highest BCUT2D eigenvalue weighted by molar-refractivity contribution is 5.95. The monoisotopic (exact) mass is 275 g/mol. The van der Waals surface area contributed by atoms with Crippen molar-refractivity contribution in [2.75, 3.05) is 13.7 Å². The molecule has 0 aliphatic carbocycles. The number of rotatable bonds is 3. The molecular formula is C15H17NO4. The third kappa shape index (κ3) is 3.17. The van der Waals surface area contributed by atoms with Gasteiger partial charge in [0.05, 0.1) is 7.11 Å². The Kier molecular flexibility index (Phi) is 4.40. The van der Waals surface area contributed by atoms with E-state index in [1.165, 1.54) is 18.1 Å². The molecule has 1 heterocycles. The lowest BCUT2D eigenvalue weighted by Crippen LogP contribution is -2.40. The fourth-order valence-corrected chi connectivity index (χ4v) is 2.26. The summed E-state index contributed by atoms with van der Waals surface area (Å²) in [6.45, 7) is 0.568. The topological polar surface area (TPSA) is 66.8 Å². The fourth-order valence-electron chi connectivity index (χ4n) is 2.26. The number of methoxy groups -OCH3 is 1. The van der Waals surface area contributed by atoms with Crippen LogP contribution in [0.25, 0.3) is 6.08 Å². The molecule has 2 rings (SSSR count). The van der Waals surface area contributed by atoms with Crippen molar-refractivity contribution in [1.29, 1.82) is 0 Å². The molecule has 1 unspecified atom stereocenters. The Hall–Kier alpha value is -2.30. The summed E-state index contributed by atoms with van der Waals surface area (Å²) in [5.74, 6) is -0.390. The van der Waals surface area contributed by atoms with Crippen LogP contribution in [-0.2, 0) is 14.3 Å². The first-order valence-corrected chi connectivity index (χ1v) is 6.47. The van der Waals surface area contributed by atoms with Gasteiger partial charge in [-0.05, 0) is 36.6 Å². The molecule has 5 heteroatoms. The minimum absolute atomic E-state index is 0.179. The van der Waals surface area contributed by atoms with Gasteiger partial charge in [-0.2, -0.15) is 0 Å². The number of benzene rings is 1. The third-order valence-corrected chi connectivity index (χ3v) is 3.32. The molecule has 1 aliphatic heterocycles. The van der Waals surface area contributed by atoms with Crippen LogP contribution in [0.1, 0.15) is 18.4 Å². The van der Waals surface area contributed by atoms with Crippen LogP contribution in [-0.4, -0.2) is 41.6 Å². The molecule has 0 radical (unpaired) electrons. The highest BCUT2D eigenvalue weighted by atomic mass is 16.5. The number of amides is 1. The summed E-state index contributed by atoms with van der Waals surface area (Å²) in [5.41, 5.74) is 0.810. The molecule has 1 amide bonds. The van der Waals surface area contributed by atoms with Crippen LogP contribution in [0.4, 0.5) is 0 Å². The predicted molar refractivity (Wildman–Crippen MR) is 73.9 cm³/mol. The van der Waals surface area contributed by atoms with Gasteiger partial charge in [-0.25, -0.2) is 4.79 Å². The maximum atomic E-state index is 12.1. The molecule has 1 aromatic rings. The minimum Gasteiger partial charge on any atom is -0.508 e. The summed E-state index contributed by atoms with van der Waals surface area (Å²) in [7, 11) is 1.33. The first-order chi connectivity index (χ1) is 9.61. The summed E-state index contributed by atoms with van der Waals surface area (Å²) in [5, 5.41) is 9.18. The van der Waals surface area contributed by atoms with E-state index in [2.05, 4.69) is 0 Å². The first kappa shape index (κ1) is 14.1. The maximum absolute atomic E-state index is 12.1. The lowest BCUT2D eigenvalue weighted by molar-refractivity contribution is -0.149. The highest BCUT2D eigenvalue weighted by Gasteiger charge is 2.33. The first-order valence-electron chi connectivity index (χ1n) is 6.47. The van der Waals surface area contributed by atoms with E-state index in [1.54, 1.807) is 30.3 Å². The van der Waals surface area contributed by atoms with Crippen molar-refractivity contribution >= 4 is 18.0 Å². The number of phenolic OH excluding ortho intramolecular Hbond substituents is 1. The van der Waals surface area contributed by atoms with Crippen molar-refractivity contribution < 1.29 is 19.4 Å². The Labute approximate surface area is 117 Å². The molecule has 0 bridgehead atoms. The van der Waals surface area contributed by atoms with Gasteiger partial charge in [0.15, 0.2) is 0 Å². The quantitative estimate of drug-likeness (QED) is 0.671. The van der Waals surface area contributed by atoms with Crippen LogP contribution >= 0.6 is 0 Å². The molecule has 5 nitrogen and oxygen atoms in total. The largest absolute Gasteiger partial charge is 0.508 e. The average Bonchev–Trinajstić information content (AvgIpc) is 2.95. The fraction of sp³-hybridized carbons (Fsp3) is 0.333. The van der Waals surface area contributed by atoms with Crippen LogP contribution in [0.5, 0.6) is 5.75 Å². The second-order valence-corrected chi connectivity index (χ2v) is 4.64. The molecule has 1 saturated heterocycles. The molecule has 1 N–H and O–H groups in total. The average molecular weight is 275 g/mol. The van der Waals surface area contributed by atoms with Crippen LogP contribution < -0.4 is 0 Å². The van der Waals surface area contributed by atoms with Crippen molar-refractivity contribution in [3.05, 3.63) is 35.9 Å². The summed E-state index contributed by atoms with van der Waals surface area (Å²) >= 11 is 0. The maximum Gasteiger partial charge on any atom is 0.328 e. The Bertz CT molecular complexity index is 521. The van der Waals surface area contributed by atoms with E-state index in [-0.39, 0.29) is 17.6 Å². The molecule has 1 aromatic carbocycles. The van der Waals surface area contributed by atoms with Crippen molar-refractivity contribution in [2.24, 2.45) is 0 Å². The van der Waals surface area contributed by atoms with Gasteiger partial charge < -0.3 is 14.7 Å². The van der Waals surface area contributed by atoms with Gasteiger partial charge in [0.25, 0.3) is 0 Å². The van der Waals surface area contributed by atoms with Crippen molar-refractivity contribution in [3.63, 3.8) is 0 Å². The second-order valence-electron chi connectivity index (χ2n) is 4.64. The summed E-state index contributed by atoms with van der Waals surface area (Å²) < 4.78 is 4.71. The smallest absolute Gasteiger partial charge is 0.328 e. The molecule has 0 aromatic heterocycles. The number of hydrogen-bond acceptors (Lipinski definition) is 4. The number of carbonyl (C=O) groups is 2. The Balaban J connectivity index is 2.04. The number of nitrogens with zero attached hydrogens (tertiary/aromatic N) is 1. The van der Waals surface area contributed by atoms with Gasteiger partial charge in [-0.15, -0.1) is 0 Å². The minimum atomic E-state index is -0.475. The van der Waals surface area contributed by atoms with Gasteiger partial charge in [0.2, 0.25) is 5.91 Å². The Morgan fingerprint density at radius 1 is 1.35 bits per heavy atom. The molecule has 0 spiro atoms. The molecule has 20 heavy (non-hydrogen) atoms. The van der Waals surface area contributed by atoms with Crippen molar-refractivity contribution in [3.8, 4) is 5.75 Å². The van der Waals surface area contributed by atoms with Crippen LogP contribution in [0.2, 0.25) is 0 Å². The second kappa shape index (κ2) is 6.23. The van der Waals surface area contributed by atoms with Gasteiger partial charge >= 0.3 is 5.97 Å². The van der Waals surface area contributed by atoms with E-state index < -0.39 is 6.04 Å². The normalized spacial score (nSPS) is 18.4. The Morgan fingerprint density at radius 2 is 2.05 bits per heavy atom. The van der Waals surface area contributed by atoms with Crippen molar-refractivity contribution in [1.82, 2.24) is 4.90 Å². The SMILES string of the molecule is COC(=O)C1CCCN1C(=O)/C=C/c1ccc(O)cc1. The predicted octanol–water partition coefficient (Wildman–Crippen LogP) is 1.57. The lowest BCUT2D eigenvalue weighted by atomic mass is 10.2. The van der Waals surface area contributed by atoms with E-state index in [9.17, 15) is 14.7 Å². The number of hydrogen-bond donors (Lipinski definition) is 1. The van der Waals surface area contributed by atoms with E-state index in [4.69, 9.17) is 4.74 Å². The number of phenols is 1. The van der Waals surface area contributed by atoms with Gasteiger partial charge in [0.1, 0.15) is 11.8 Å². The zero-order valence-corrected chi connectivity index (χ0v) is 11.3. The van der Waals surface area contributed by atoms with E-state index >= 15 is 0 Å². The standard InChI is InChI=1S/C15H17NO4/c1-20-15(19)13-3-2-10-16(13)14(18)9-6-11-4-7-12(17)8-5-11/h4-9,13,17H,2-3,10H2,1H3/b9-6+. The molecule has 0 saturated carbocycles. The van der Waals surface area contributed by atoms with Crippen molar-refractivity contribution in [2.45, 2.75) is 18.9 Å². The van der Waals surface area contributed by atoms with Gasteiger partial charge in [-0.3, -0.25) is 4.79 Å². The zero-order valence-electron chi connectivity index (χ0n) is 11.3. The van der Waals surface area contributed by atoms with Crippen LogP contribution in [0.3, 0.4) is 0 Å². The Morgan fingerprint density at radius 3 is 2.70 bits per heavy atom. The van der Waals surface area contributed by atoms with Crippen LogP contribution in [0, 0.1) is 0 Å². The molecule has 1 atom stereocenters. The number of aromatic hydroxyl groups is 1. The molecule has 1 fully saturated rings. The number of ether oxygens (including phenoxy) is 1. The third-order valence-electron chi connectivity index (χ3n) is 3.32. The number of likely N-dealkylation sites (tertiary alicyclic amines) is 1. The van der Waals surface area contributed by atoms with E-state index in [1.807, 2.05) is 0 Å². The highest BCUT2D eigenvalue weighted by Crippen LogP contribution is 2.19. The van der Waals surface area contributed by atoms with Crippen LogP contribution in [0.15, 0.2) is 30.3 Å². The summed E-state index contributed by atoms with van der Waals surface area (Å²) in [6.07, 6.45) is 4.55. The van der Waals surface area contributed by atoms with Gasteiger partial charge in [0, 0.05) is 12.6 Å².